The minimum atomic E-state index is 0.624. The maximum Gasteiger partial charge on any atom is 0.130 e. The average molecular weight is 120 g/mol. The molecule has 0 saturated heterocycles. The van der Waals surface area contributed by atoms with E-state index in [4.69, 9.17) is 4.74 Å². The molecule has 0 spiro atoms. The van der Waals surface area contributed by atoms with Crippen LogP contribution in [0.3, 0.4) is 0 Å². The molecule has 0 aromatic heterocycles. The highest BCUT2D eigenvalue weighted by Crippen LogP contribution is 2.16. The molecule has 2 heteroatoms. The number of hydrogen-bond acceptors (Lipinski definition) is 1. The van der Waals surface area contributed by atoms with Crippen LogP contribution in [-0.4, -0.2) is 6.61 Å². The van der Waals surface area contributed by atoms with Crippen LogP contribution in [0.25, 0.3) is 0 Å². The van der Waals surface area contributed by atoms with Gasteiger partial charge in [0.2, 0.25) is 0 Å². The van der Waals surface area contributed by atoms with E-state index in [0.29, 0.717) is 6.61 Å². The van der Waals surface area contributed by atoms with Gasteiger partial charge in [-0.25, -0.2) is 0 Å². The Morgan fingerprint density at radius 3 is 3.33 bits per heavy atom. The summed E-state index contributed by atoms with van der Waals surface area (Å²) < 4.78 is 5.01. The summed E-state index contributed by atoms with van der Waals surface area (Å²) in [7, 11) is 0. The third kappa shape index (κ3) is 0.633. The SMILES string of the molecule is C1=CC2=C(COC=C2)[N]1. The first kappa shape index (κ1) is 4.68. The molecule has 2 nitrogen and oxygen atoms in total. The highest BCUT2D eigenvalue weighted by atomic mass is 16.5. The van der Waals surface area contributed by atoms with Gasteiger partial charge in [0.05, 0.1) is 12.0 Å². The molecule has 2 aliphatic rings. The van der Waals surface area contributed by atoms with Crippen LogP contribution in [0.15, 0.2) is 35.9 Å². The van der Waals surface area contributed by atoms with E-state index in [9.17, 15) is 0 Å². The van der Waals surface area contributed by atoms with E-state index in [2.05, 4.69) is 5.32 Å². The molecule has 0 amide bonds. The number of allylic oxidation sites excluding steroid dienone is 3. The first-order chi connectivity index (χ1) is 4.47. The molecule has 9 heavy (non-hydrogen) atoms. The second kappa shape index (κ2) is 1.65. The van der Waals surface area contributed by atoms with Gasteiger partial charge >= 0.3 is 0 Å². The van der Waals surface area contributed by atoms with Crippen molar-refractivity contribution < 1.29 is 4.74 Å². The second-order valence-electron chi connectivity index (χ2n) is 1.96. The minimum absolute atomic E-state index is 0.624. The van der Waals surface area contributed by atoms with Crippen molar-refractivity contribution in [2.24, 2.45) is 0 Å². The van der Waals surface area contributed by atoms with Gasteiger partial charge in [-0.15, -0.1) is 0 Å². The highest BCUT2D eigenvalue weighted by Gasteiger charge is 2.10. The summed E-state index contributed by atoms with van der Waals surface area (Å²) in [6.07, 6.45) is 7.40. The van der Waals surface area contributed by atoms with Gasteiger partial charge in [0.15, 0.2) is 0 Å². The third-order valence-corrected chi connectivity index (χ3v) is 1.38. The fourth-order valence-corrected chi connectivity index (χ4v) is 0.899. The smallest absolute Gasteiger partial charge is 0.130 e. The second-order valence-corrected chi connectivity index (χ2v) is 1.96. The molecule has 0 saturated carbocycles. The van der Waals surface area contributed by atoms with E-state index in [1.54, 1.807) is 12.5 Å². The number of rotatable bonds is 0. The Morgan fingerprint density at radius 1 is 1.44 bits per heavy atom. The standard InChI is InChI=1S/C7H6NO/c1-3-8-7-5-9-4-2-6(1)7/h1-4H,5H2. The van der Waals surface area contributed by atoms with Gasteiger partial charge in [-0.2, -0.15) is 0 Å². The summed E-state index contributed by atoms with van der Waals surface area (Å²) >= 11 is 0. The van der Waals surface area contributed by atoms with Crippen LogP contribution in [0.1, 0.15) is 0 Å². The largest absolute Gasteiger partial charge is 0.495 e. The Bertz CT molecular complexity index is 213. The van der Waals surface area contributed by atoms with Crippen LogP contribution in [0.2, 0.25) is 0 Å². The molecule has 45 valence electrons. The molecule has 0 aliphatic carbocycles. The zero-order valence-electron chi connectivity index (χ0n) is 4.87. The van der Waals surface area contributed by atoms with Crippen molar-refractivity contribution in [1.29, 1.82) is 0 Å². The molecule has 2 aliphatic heterocycles. The monoisotopic (exact) mass is 120 g/mol. The Kier molecular flexibility index (Phi) is 0.859. The highest BCUT2D eigenvalue weighted by molar-refractivity contribution is 5.40. The molecule has 0 N–H and O–H groups in total. The number of nitrogens with zero attached hydrogens (tertiary/aromatic N) is 1. The Morgan fingerprint density at radius 2 is 2.44 bits per heavy atom. The normalized spacial score (nSPS) is 21.3. The lowest BCUT2D eigenvalue weighted by atomic mass is 10.2. The quantitative estimate of drug-likeness (QED) is 0.466. The summed E-state index contributed by atoms with van der Waals surface area (Å²) in [4.78, 5) is 0. The molecular formula is C7H6NO. The molecule has 0 bridgehead atoms. The van der Waals surface area contributed by atoms with E-state index in [0.717, 1.165) is 5.70 Å². The molecule has 0 unspecified atom stereocenters. The van der Waals surface area contributed by atoms with Gasteiger partial charge in [0.25, 0.3) is 0 Å². The molecule has 1 radical (unpaired) electrons. The van der Waals surface area contributed by atoms with E-state index < -0.39 is 0 Å². The lowest BCUT2D eigenvalue weighted by molar-refractivity contribution is 0.270. The van der Waals surface area contributed by atoms with E-state index >= 15 is 0 Å². The molecule has 2 rings (SSSR count). The summed E-state index contributed by atoms with van der Waals surface area (Å²) in [6.45, 7) is 0.624. The zero-order valence-corrected chi connectivity index (χ0v) is 4.87. The van der Waals surface area contributed by atoms with Crippen molar-refractivity contribution in [3.05, 3.63) is 35.9 Å². The van der Waals surface area contributed by atoms with Crippen LogP contribution < -0.4 is 5.32 Å². The Hall–Kier alpha value is -1.18. The minimum Gasteiger partial charge on any atom is -0.495 e. The first-order valence-corrected chi connectivity index (χ1v) is 2.85. The summed E-state index contributed by atoms with van der Waals surface area (Å²) in [5, 5.41) is 4.08. The Balaban J connectivity index is 2.35. The topological polar surface area (TPSA) is 23.3 Å². The van der Waals surface area contributed by atoms with Crippen LogP contribution in [0.4, 0.5) is 0 Å². The van der Waals surface area contributed by atoms with E-state index in [1.165, 1.54) is 5.57 Å². The fourth-order valence-electron chi connectivity index (χ4n) is 0.899. The summed E-state index contributed by atoms with van der Waals surface area (Å²) in [5.41, 5.74) is 2.22. The van der Waals surface area contributed by atoms with E-state index in [-0.39, 0.29) is 0 Å². The predicted molar refractivity (Wildman–Crippen MR) is 33.4 cm³/mol. The average Bonchev–Trinajstić information content (AvgIpc) is 2.33. The van der Waals surface area contributed by atoms with Crippen molar-refractivity contribution in [2.45, 2.75) is 0 Å². The summed E-state index contributed by atoms with van der Waals surface area (Å²) in [6, 6.07) is 0. The van der Waals surface area contributed by atoms with Gasteiger partial charge < -0.3 is 4.74 Å². The van der Waals surface area contributed by atoms with Crippen molar-refractivity contribution in [1.82, 2.24) is 5.32 Å². The van der Waals surface area contributed by atoms with Crippen molar-refractivity contribution in [2.75, 3.05) is 6.61 Å². The van der Waals surface area contributed by atoms with Crippen molar-refractivity contribution in [3.8, 4) is 0 Å². The van der Waals surface area contributed by atoms with Crippen LogP contribution >= 0.6 is 0 Å². The van der Waals surface area contributed by atoms with Gasteiger partial charge in [0, 0.05) is 11.8 Å². The number of ether oxygens (including phenoxy) is 1. The fraction of sp³-hybridized carbons (Fsp3) is 0.143. The first-order valence-electron chi connectivity index (χ1n) is 2.85. The van der Waals surface area contributed by atoms with Crippen molar-refractivity contribution in [3.63, 3.8) is 0 Å². The number of hydrogen-bond donors (Lipinski definition) is 0. The van der Waals surface area contributed by atoms with Gasteiger partial charge in [-0.1, -0.05) is 0 Å². The molecule has 0 aromatic carbocycles. The Labute approximate surface area is 53.5 Å². The van der Waals surface area contributed by atoms with E-state index in [1.807, 2.05) is 12.2 Å². The lowest BCUT2D eigenvalue weighted by Crippen LogP contribution is -2.04. The van der Waals surface area contributed by atoms with Crippen LogP contribution in [-0.2, 0) is 4.74 Å². The third-order valence-electron chi connectivity index (χ3n) is 1.38. The molecule has 0 aromatic rings. The van der Waals surface area contributed by atoms with Crippen LogP contribution in [0, 0.1) is 0 Å². The zero-order chi connectivity index (χ0) is 6.10. The van der Waals surface area contributed by atoms with Gasteiger partial charge in [-0.05, 0) is 12.2 Å². The van der Waals surface area contributed by atoms with Gasteiger partial charge in [-0.3, -0.25) is 5.32 Å². The molecule has 0 atom stereocenters. The lowest BCUT2D eigenvalue weighted by Gasteiger charge is -2.06. The predicted octanol–water partition coefficient (Wildman–Crippen LogP) is 0.916. The van der Waals surface area contributed by atoms with Crippen molar-refractivity contribution >= 4 is 0 Å². The maximum absolute atomic E-state index is 5.01. The van der Waals surface area contributed by atoms with Gasteiger partial charge in [0.1, 0.15) is 6.61 Å². The van der Waals surface area contributed by atoms with Crippen LogP contribution in [0.5, 0.6) is 0 Å². The maximum atomic E-state index is 5.01. The molecule has 0 fully saturated rings. The summed E-state index contributed by atoms with van der Waals surface area (Å²) in [5.74, 6) is 0. The molecule has 2 heterocycles. The molecular weight excluding hydrogens is 114 g/mol.